The van der Waals surface area contributed by atoms with E-state index in [0.717, 1.165) is 11.1 Å². The average molecular weight is 667 g/mol. The molecular formula is C36H42O12. The van der Waals surface area contributed by atoms with Gasteiger partial charge in [-0.2, -0.15) is 0 Å². The van der Waals surface area contributed by atoms with Crippen LogP contribution in [0, 0.1) is 5.92 Å². The van der Waals surface area contributed by atoms with Gasteiger partial charge in [0.15, 0.2) is 57.5 Å². The summed E-state index contributed by atoms with van der Waals surface area (Å²) in [6.45, 7) is 0. The standard InChI is InChI=1S/C36H42O12/c1-43-29-13-20(14-30(44-2)35(29)47-5)9-22(8-7-19-11-25(37)33(41)26(38)12-19)24(23-17-27(39)34(42)28(40)18-23)10-21-15-31(45-3)36(48-6)32(16-21)46-4/h11-18,22,24,37-42H,7-10H2,1-6H3/t22-,24-/m1/s1. The zero-order valence-electron chi connectivity index (χ0n) is 27.7. The lowest BCUT2D eigenvalue weighted by molar-refractivity contribution is 0.321. The summed E-state index contributed by atoms with van der Waals surface area (Å²) in [7, 11) is 9.11. The summed E-state index contributed by atoms with van der Waals surface area (Å²) in [5.41, 5.74) is 2.72. The van der Waals surface area contributed by atoms with Crippen molar-refractivity contribution in [3.63, 3.8) is 0 Å². The predicted octanol–water partition coefficient (Wildman–Crippen LogP) is 5.79. The minimum Gasteiger partial charge on any atom is -0.504 e. The summed E-state index contributed by atoms with van der Waals surface area (Å²) in [4.78, 5) is 0. The molecular weight excluding hydrogens is 624 g/mol. The first-order valence-corrected chi connectivity index (χ1v) is 15.0. The van der Waals surface area contributed by atoms with Gasteiger partial charge in [0.05, 0.1) is 42.7 Å². The van der Waals surface area contributed by atoms with Crippen LogP contribution in [0.25, 0.3) is 0 Å². The van der Waals surface area contributed by atoms with E-state index in [2.05, 4.69) is 0 Å². The Labute approximate surface area is 278 Å². The molecule has 6 N–H and O–H groups in total. The van der Waals surface area contributed by atoms with Crippen LogP contribution in [0.3, 0.4) is 0 Å². The van der Waals surface area contributed by atoms with Crippen LogP contribution in [0.4, 0.5) is 0 Å². The molecule has 4 rings (SSSR count). The first-order chi connectivity index (χ1) is 23.0. The van der Waals surface area contributed by atoms with E-state index in [-0.39, 0.29) is 5.92 Å². The van der Waals surface area contributed by atoms with Crippen molar-refractivity contribution in [2.45, 2.75) is 31.6 Å². The third-order valence-electron chi connectivity index (χ3n) is 8.43. The summed E-state index contributed by atoms with van der Waals surface area (Å²) in [5, 5.41) is 61.7. The molecule has 4 aromatic rings. The highest BCUT2D eigenvalue weighted by Crippen LogP contribution is 2.46. The summed E-state index contributed by atoms with van der Waals surface area (Å²) in [6, 6.07) is 12.9. The molecule has 4 aromatic carbocycles. The van der Waals surface area contributed by atoms with Gasteiger partial charge < -0.3 is 59.1 Å². The van der Waals surface area contributed by atoms with E-state index in [1.807, 2.05) is 24.3 Å². The summed E-state index contributed by atoms with van der Waals surface area (Å²) in [6.07, 6.45) is 1.59. The van der Waals surface area contributed by atoms with Crippen molar-refractivity contribution in [1.82, 2.24) is 0 Å². The van der Waals surface area contributed by atoms with Gasteiger partial charge in [-0.05, 0) is 108 Å². The Kier molecular flexibility index (Phi) is 11.3. The number of phenols is 6. The molecule has 0 aliphatic heterocycles. The number of methoxy groups -OCH3 is 6. The fraction of sp³-hybridized carbons (Fsp3) is 0.333. The van der Waals surface area contributed by atoms with Gasteiger partial charge in [0, 0.05) is 0 Å². The van der Waals surface area contributed by atoms with Crippen LogP contribution < -0.4 is 28.4 Å². The molecule has 0 amide bonds. The van der Waals surface area contributed by atoms with E-state index < -0.39 is 40.4 Å². The third-order valence-corrected chi connectivity index (χ3v) is 8.43. The van der Waals surface area contributed by atoms with E-state index in [9.17, 15) is 30.6 Å². The van der Waals surface area contributed by atoms with Gasteiger partial charge >= 0.3 is 0 Å². The van der Waals surface area contributed by atoms with Crippen LogP contribution in [0.1, 0.15) is 34.6 Å². The molecule has 258 valence electrons. The van der Waals surface area contributed by atoms with Crippen LogP contribution in [0.2, 0.25) is 0 Å². The molecule has 0 fully saturated rings. The maximum Gasteiger partial charge on any atom is 0.203 e. The highest BCUT2D eigenvalue weighted by atomic mass is 16.5. The fourth-order valence-electron chi connectivity index (χ4n) is 6.06. The van der Waals surface area contributed by atoms with Gasteiger partial charge in [0.2, 0.25) is 11.5 Å². The van der Waals surface area contributed by atoms with E-state index in [1.165, 1.54) is 66.9 Å². The van der Waals surface area contributed by atoms with Crippen LogP contribution in [0.5, 0.6) is 69.0 Å². The van der Waals surface area contributed by atoms with Gasteiger partial charge in [-0.1, -0.05) is 0 Å². The van der Waals surface area contributed by atoms with Crippen molar-refractivity contribution in [1.29, 1.82) is 0 Å². The molecule has 12 nitrogen and oxygen atoms in total. The SMILES string of the molecule is COc1cc(C[C@@H](CCc2cc(O)c(O)c(O)c2)[C@@H](Cc2cc(OC)c(OC)c(OC)c2)c2cc(O)c(O)c(O)c2)cc(OC)c1OC. The smallest absolute Gasteiger partial charge is 0.203 e. The molecule has 0 spiro atoms. The van der Waals surface area contributed by atoms with Gasteiger partial charge in [-0.25, -0.2) is 0 Å². The topological polar surface area (TPSA) is 177 Å². The average Bonchev–Trinajstić information content (AvgIpc) is 3.08. The summed E-state index contributed by atoms with van der Waals surface area (Å²) >= 11 is 0. The van der Waals surface area contributed by atoms with Crippen molar-refractivity contribution in [2.24, 2.45) is 5.92 Å². The second-order valence-corrected chi connectivity index (χ2v) is 11.3. The Morgan fingerprint density at radius 3 is 1.21 bits per heavy atom. The van der Waals surface area contributed by atoms with Crippen molar-refractivity contribution in [2.75, 3.05) is 42.7 Å². The number of benzene rings is 4. The highest BCUT2D eigenvalue weighted by molar-refractivity contribution is 5.56. The molecule has 0 aromatic heterocycles. The Hall–Kier alpha value is -5.52. The quantitative estimate of drug-likeness (QED) is 0.0844. The lowest BCUT2D eigenvalue weighted by Gasteiger charge is -2.30. The Bertz CT molecular complexity index is 1640. The number of aromatic hydroxyl groups is 6. The molecule has 0 aliphatic rings. The predicted molar refractivity (Wildman–Crippen MR) is 177 cm³/mol. The second-order valence-electron chi connectivity index (χ2n) is 11.3. The van der Waals surface area contributed by atoms with Crippen molar-refractivity contribution < 1.29 is 59.1 Å². The van der Waals surface area contributed by atoms with E-state index in [1.54, 1.807) is 0 Å². The number of rotatable bonds is 15. The second kappa shape index (κ2) is 15.4. The van der Waals surface area contributed by atoms with Crippen LogP contribution in [-0.4, -0.2) is 73.3 Å². The lowest BCUT2D eigenvalue weighted by Crippen LogP contribution is -2.20. The molecule has 0 bridgehead atoms. The fourth-order valence-corrected chi connectivity index (χ4v) is 6.06. The van der Waals surface area contributed by atoms with Gasteiger partial charge in [0.25, 0.3) is 0 Å². The molecule has 0 heterocycles. The molecule has 12 heteroatoms. The molecule has 0 radical (unpaired) electrons. The van der Waals surface area contributed by atoms with Crippen LogP contribution in [0.15, 0.2) is 48.5 Å². The van der Waals surface area contributed by atoms with Gasteiger partial charge in [-0.3, -0.25) is 0 Å². The van der Waals surface area contributed by atoms with E-state index in [4.69, 9.17) is 28.4 Å². The minimum atomic E-state index is -0.637. The molecule has 0 unspecified atom stereocenters. The van der Waals surface area contributed by atoms with Gasteiger partial charge in [-0.15, -0.1) is 0 Å². The molecule has 0 saturated carbocycles. The van der Waals surface area contributed by atoms with Gasteiger partial charge in [0.1, 0.15) is 0 Å². The highest BCUT2D eigenvalue weighted by Gasteiger charge is 2.29. The maximum absolute atomic E-state index is 10.6. The maximum atomic E-state index is 10.6. The number of aryl methyl sites for hydroxylation is 1. The summed E-state index contributed by atoms with van der Waals surface area (Å²) in [5.74, 6) is -1.17. The normalized spacial score (nSPS) is 12.2. The van der Waals surface area contributed by atoms with Crippen LogP contribution >= 0.6 is 0 Å². The third kappa shape index (κ3) is 7.54. The minimum absolute atomic E-state index is 0.270. The Morgan fingerprint density at radius 2 is 0.833 bits per heavy atom. The molecule has 48 heavy (non-hydrogen) atoms. The molecule has 0 saturated heterocycles. The Morgan fingerprint density at radius 1 is 0.458 bits per heavy atom. The monoisotopic (exact) mass is 666 g/mol. The number of hydrogen-bond acceptors (Lipinski definition) is 12. The van der Waals surface area contributed by atoms with Crippen molar-refractivity contribution in [3.05, 3.63) is 70.8 Å². The zero-order valence-corrected chi connectivity index (χ0v) is 27.7. The largest absolute Gasteiger partial charge is 0.504 e. The number of phenolic OH excluding ortho intramolecular Hbond substituents is 6. The van der Waals surface area contributed by atoms with Crippen molar-refractivity contribution in [3.8, 4) is 69.0 Å². The van der Waals surface area contributed by atoms with Crippen LogP contribution in [-0.2, 0) is 19.3 Å². The lowest BCUT2D eigenvalue weighted by atomic mass is 9.75. The van der Waals surface area contributed by atoms with Crippen molar-refractivity contribution >= 4 is 0 Å². The Balaban J connectivity index is 1.89. The molecule has 0 aliphatic carbocycles. The van der Waals surface area contributed by atoms with E-state index in [0.29, 0.717) is 71.3 Å². The summed E-state index contributed by atoms with van der Waals surface area (Å²) < 4.78 is 33.5. The zero-order chi connectivity index (χ0) is 35.1. The number of ether oxygens (including phenoxy) is 6. The first kappa shape index (κ1) is 35.3. The van der Waals surface area contributed by atoms with E-state index >= 15 is 0 Å². The number of hydrogen-bond donors (Lipinski definition) is 6. The molecule has 2 atom stereocenters. The first-order valence-electron chi connectivity index (χ1n) is 15.0.